The number of amides is 1. The van der Waals surface area contributed by atoms with Crippen LogP contribution in [0.4, 0.5) is 0 Å². The van der Waals surface area contributed by atoms with E-state index >= 15 is 0 Å². The number of hydrogen-bond acceptors (Lipinski definition) is 4. The van der Waals surface area contributed by atoms with E-state index in [-0.39, 0.29) is 25.2 Å². The minimum Gasteiger partial charge on any atom is -0.482 e. The molecular formula is C19H27NO4. The molecule has 0 aromatic heterocycles. The number of carbonyl (C=O) groups excluding carboxylic acids is 2. The molecule has 1 amide bonds. The molecule has 0 bridgehead atoms. The third kappa shape index (κ3) is 5.25. The highest BCUT2D eigenvalue weighted by molar-refractivity contribution is 5.81. The van der Waals surface area contributed by atoms with E-state index in [1.54, 1.807) is 6.07 Å². The molecule has 5 nitrogen and oxygen atoms in total. The number of hydrogen-bond donors (Lipinski definition) is 1. The van der Waals surface area contributed by atoms with Gasteiger partial charge in [-0.25, -0.2) is 4.79 Å². The van der Waals surface area contributed by atoms with Crippen LogP contribution in [0.25, 0.3) is 0 Å². The number of para-hydroxylation sites is 1. The average Bonchev–Trinajstić information content (AvgIpc) is 2.56. The number of ether oxygens (including phenoxy) is 2. The lowest BCUT2D eigenvalue weighted by molar-refractivity contribution is -0.150. The van der Waals surface area contributed by atoms with E-state index in [1.165, 1.54) is 6.42 Å². The van der Waals surface area contributed by atoms with Crippen molar-refractivity contribution in [3.63, 3.8) is 0 Å². The first-order valence-corrected chi connectivity index (χ1v) is 8.60. The summed E-state index contributed by atoms with van der Waals surface area (Å²) in [6.07, 6.45) is 3.32. The van der Waals surface area contributed by atoms with E-state index in [0.717, 1.165) is 18.4 Å². The molecule has 0 radical (unpaired) electrons. The summed E-state index contributed by atoms with van der Waals surface area (Å²) >= 11 is 0. The second-order valence-electron chi connectivity index (χ2n) is 6.66. The van der Waals surface area contributed by atoms with Crippen LogP contribution in [0.1, 0.15) is 38.7 Å². The highest BCUT2D eigenvalue weighted by Crippen LogP contribution is 2.29. The van der Waals surface area contributed by atoms with E-state index in [0.29, 0.717) is 17.6 Å². The maximum absolute atomic E-state index is 12.0. The summed E-state index contributed by atoms with van der Waals surface area (Å²) in [5.74, 6) is 0.907. The fourth-order valence-corrected chi connectivity index (χ4v) is 3.08. The van der Waals surface area contributed by atoms with Crippen molar-refractivity contribution >= 4 is 11.9 Å². The van der Waals surface area contributed by atoms with Crippen LogP contribution in [0.2, 0.25) is 0 Å². The number of aryl methyl sites for hydroxylation is 1. The number of esters is 1. The average molecular weight is 333 g/mol. The molecular weight excluding hydrogens is 306 g/mol. The van der Waals surface area contributed by atoms with Crippen LogP contribution in [-0.2, 0) is 14.3 Å². The lowest BCUT2D eigenvalue weighted by Gasteiger charge is -2.34. The van der Waals surface area contributed by atoms with Gasteiger partial charge in [0.25, 0.3) is 5.91 Å². The molecule has 1 fully saturated rings. The van der Waals surface area contributed by atoms with Crippen molar-refractivity contribution in [2.45, 2.75) is 46.1 Å². The Kier molecular flexibility index (Phi) is 6.64. The van der Waals surface area contributed by atoms with Crippen LogP contribution in [0.5, 0.6) is 5.75 Å². The summed E-state index contributed by atoms with van der Waals surface area (Å²) < 4.78 is 10.4. The Morgan fingerprint density at radius 3 is 2.67 bits per heavy atom. The molecule has 0 aliphatic heterocycles. The largest absolute Gasteiger partial charge is 0.482 e. The van der Waals surface area contributed by atoms with Gasteiger partial charge < -0.3 is 14.8 Å². The number of benzene rings is 1. The van der Waals surface area contributed by atoms with Gasteiger partial charge in [-0.2, -0.15) is 0 Å². The highest BCUT2D eigenvalue weighted by atomic mass is 16.6. The van der Waals surface area contributed by atoms with Gasteiger partial charge in [-0.15, -0.1) is 0 Å². The quantitative estimate of drug-likeness (QED) is 0.813. The van der Waals surface area contributed by atoms with Crippen molar-refractivity contribution < 1.29 is 19.1 Å². The van der Waals surface area contributed by atoms with Gasteiger partial charge in [-0.3, -0.25) is 4.79 Å². The molecule has 1 aliphatic carbocycles. The van der Waals surface area contributed by atoms with Crippen LogP contribution in [0.3, 0.4) is 0 Å². The molecule has 1 N–H and O–H groups in total. The van der Waals surface area contributed by atoms with Crippen molar-refractivity contribution in [2.24, 2.45) is 11.8 Å². The van der Waals surface area contributed by atoms with Gasteiger partial charge in [-0.1, -0.05) is 44.9 Å². The number of rotatable bonds is 6. The normalized spacial score (nSPS) is 23.4. The van der Waals surface area contributed by atoms with Gasteiger partial charge in [0.05, 0.1) is 0 Å². The number of carbonyl (C=O) groups is 2. The van der Waals surface area contributed by atoms with E-state index in [9.17, 15) is 9.59 Å². The second kappa shape index (κ2) is 8.71. The lowest BCUT2D eigenvalue weighted by atomic mass is 9.78. The van der Waals surface area contributed by atoms with Gasteiger partial charge in [0, 0.05) is 6.04 Å². The first-order valence-electron chi connectivity index (χ1n) is 8.60. The second-order valence-corrected chi connectivity index (χ2v) is 6.66. The Morgan fingerprint density at radius 1 is 1.17 bits per heavy atom. The van der Waals surface area contributed by atoms with Crippen molar-refractivity contribution in [2.75, 3.05) is 13.2 Å². The maximum Gasteiger partial charge on any atom is 0.344 e. The molecule has 2 rings (SSSR count). The Hall–Kier alpha value is -2.04. The molecule has 1 aromatic rings. The topological polar surface area (TPSA) is 64.6 Å². The first kappa shape index (κ1) is 18.3. The molecule has 1 aliphatic rings. The summed E-state index contributed by atoms with van der Waals surface area (Å²) in [6.45, 7) is 5.83. The van der Waals surface area contributed by atoms with Crippen LogP contribution < -0.4 is 10.1 Å². The fraction of sp³-hybridized carbons (Fsp3) is 0.579. The Morgan fingerprint density at radius 2 is 1.92 bits per heavy atom. The molecule has 1 aromatic carbocycles. The summed E-state index contributed by atoms with van der Waals surface area (Å²) in [4.78, 5) is 23.7. The highest BCUT2D eigenvalue weighted by Gasteiger charge is 2.28. The third-order valence-corrected chi connectivity index (χ3v) is 4.86. The van der Waals surface area contributed by atoms with E-state index in [4.69, 9.17) is 9.47 Å². The maximum atomic E-state index is 12.0. The van der Waals surface area contributed by atoms with Gasteiger partial charge in [0.1, 0.15) is 5.75 Å². The Balaban J connectivity index is 1.69. The fourth-order valence-electron chi connectivity index (χ4n) is 3.08. The Bertz CT molecular complexity index is 572. The zero-order chi connectivity index (χ0) is 17.5. The first-order chi connectivity index (χ1) is 11.5. The molecule has 3 atom stereocenters. The van der Waals surface area contributed by atoms with Crippen LogP contribution >= 0.6 is 0 Å². The molecule has 5 heteroatoms. The van der Waals surface area contributed by atoms with Gasteiger partial charge >= 0.3 is 5.97 Å². The van der Waals surface area contributed by atoms with Crippen molar-refractivity contribution in [1.29, 1.82) is 0 Å². The van der Waals surface area contributed by atoms with Crippen molar-refractivity contribution in [3.8, 4) is 5.75 Å². The summed E-state index contributed by atoms with van der Waals surface area (Å²) in [5, 5.41) is 2.98. The SMILES string of the molecule is Cc1ccccc1OCC(=O)OCC(=O)N[C@@H]1CCC[C@H](C)[C@@H]1C. The molecule has 0 spiro atoms. The zero-order valence-corrected chi connectivity index (χ0v) is 14.7. The summed E-state index contributed by atoms with van der Waals surface area (Å²) in [6, 6.07) is 7.61. The van der Waals surface area contributed by atoms with Crippen LogP contribution in [0, 0.1) is 18.8 Å². The van der Waals surface area contributed by atoms with Gasteiger partial charge in [0.2, 0.25) is 0 Å². The predicted octanol–water partition coefficient (Wildman–Crippen LogP) is 2.86. The molecule has 0 unspecified atom stereocenters. The molecule has 0 heterocycles. The smallest absolute Gasteiger partial charge is 0.344 e. The van der Waals surface area contributed by atoms with Gasteiger partial charge in [0.15, 0.2) is 13.2 Å². The van der Waals surface area contributed by atoms with Gasteiger partial charge in [-0.05, 0) is 36.8 Å². The van der Waals surface area contributed by atoms with Crippen molar-refractivity contribution in [1.82, 2.24) is 5.32 Å². The van der Waals surface area contributed by atoms with E-state index < -0.39 is 5.97 Å². The molecule has 1 saturated carbocycles. The monoisotopic (exact) mass is 333 g/mol. The molecule has 132 valence electrons. The van der Waals surface area contributed by atoms with Crippen molar-refractivity contribution in [3.05, 3.63) is 29.8 Å². The minimum atomic E-state index is -0.543. The standard InChI is InChI=1S/C19H27NO4/c1-13-8-6-9-16(15(13)3)20-18(21)11-24-19(22)12-23-17-10-5-4-7-14(17)2/h4-5,7,10,13,15-16H,6,8-9,11-12H2,1-3H3,(H,20,21)/t13-,15-,16+/m0/s1. The zero-order valence-electron chi connectivity index (χ0n) is 14.7. The van der Waals surface area contributed by atoms with E-state index in [2.05, 4.69) is 19.2 Å². The predicted molar refractivity (Wildman–Crippen MR) is 91.7 cm³/mol. The molecule has 24 heavy (non-hydrogen) atoms. The summed E-state index contributed by atoms with van der Waals surface area (Å²) in [5.41, 5.74) is 0.948. The Labute approximate surface area is 143 Å². The third-order valence-electron chi connectivity index (χ3n) is 4.86. The van der Waals surface area contributed by atoms with E-state index in [1.807, 2.05) is 25.1 Å². The minimum absolute atomic E-state index is 0.170. The number of nitrogens with one attached hydrogen (secondary N) is 1. The summed E-state index contributed by atoms with van der Waals surface area (Å²) in [7, 11) is 0. The van der Waals surface area contributed by atoms with Crippen LogP contribution in [-0.4, -0.2) is 31.1 Å². The molecule has 0 saturated heterocycles. The van der Waals surface area contributed by atoms with Crippen LogP contribution in [0.15, 0.2) is 24.3 Å². The lowest BCUT2D eigenvalue weighted by Crippen LogP contribution is -2.45.